The van der Waals surface area contributed by atoms with E-state index in [0.29, 0.717) is 0 Å². The lowest BCUT2D eigenvalue weighted by Gasteiger charge is -2.05. The van der Waals surface area contributed by atoms with Crippen LogP contribution in [0.4, 0.5) is 0 Å². The Morgan fingerprint density at radius 3 is 2.58 bits per heavy atom. The Balaban J connectivity index is 2.27. The number of aromatic amines is 1. The van der Waals surface area contributed by atoms with E-state index in [-0.39, 0.29) is 0 Å². The molecule has 96 valence electrons. The molecule has 0 spiro atoms. The number of aryl methyl sites for hydroxylation is 2. The zero-order valence-corrected chi connectivity index (χ0v) is 12.0. The van der Waals surface area contributed by atoms with E-state index in [0.717, 1.165) is 22.4 Å². The summed E-state index contributed by atoms with van der Waals surface area (Å²) in [6.45, 7) is 4.25. The molecule has 0 saturated carbocycles. The zero-order valence-electron chi connectivity index (χ0n) is 11.2. The molecule has 0 aliphatic carbocycles. The summed E-state index contributed by atoms with van der Waals surface area (Å²) in [6, 6.07) is 6.15. The number of imidazole rings is 1. The highest BCUT2D eigenvalue weighted by atomic mass is 32.2. The third-order valence-electron chi connectivity index (χ3n) is 3.34. The minimum absolute atomic E-state index is 0.904. The molecule has 0 atom stereocenters. The topological polar surface area (TPSA) is 41.6 Å². The summed E-state index contributed by atoms with van der Waals surface area (Å²) in [7, 11) is 0. The Morgan fingerprint density at radius 1 is 1.16 bits per heavy atom. The highest BCUT2D eigenvalue weighted by Gasteiger charge is 2.12. The second kappa shape index (κ2) is 4.70. The van der Waals surface area contributed by atoms with Crippen molar-refractivity contribution in [2.75, 3.05) is 6.26 Å². The molecule has 3 nitrogen and oxygen atoms in total. The lowest BCUT2D eigenvalue weighted by molar-refractivity contribution is 1.28. The van der Waals surface area contributed by atoms with Crippen LogP contribution >= 0.6 is 11.8 Å². The largest absolute Gasteiger partial charge is 0.338 e. The summed E-state index contributed by atoms with van der Waals surface area (Å²) in [5.74, 6) is 0.904. The minimum atomic E-state index is 0.904. The van der Waals surface area contributed by atoms with E-state index in [2.05, 4.69) is 36.1 Å². The molecular weight excluding hydrogens is 254 g/mol. The number of fused-ring (bicyclic) bond motifs is 1. The van der Waals surface area contributed by atoms with Crippen LogP contribution in [0, 0.1) is 13.8 Å². The van der Waals surface area contributed by atoms with E-state index in [1.807, 2.05) is 12.1 Å². The van der Waals surface area contributed by atoms with Gasteiger partial charge >= 0.3 is 0 Å². The first kappa shape index (κ1) is 12.2. The molecule has 0 fully saturated rings. The Morgan fingerprint density at radius 2 is 1.89 bits per heavy atom. The summed E-state index contributed by atoms with van der Waals surface area (Å²) in [5.41, 5.74) is 5.73. The number of benzene rings is 1. The van der Waals surface area contributed by atoms with Gasteiger partial charge in [-0.2, -0.15) is 0 Å². The molecule has 0 radical (unpaired) electrons. The monoisotopic (exact) mass is 269 g/mol. The fourth-order valence-electron chi connectivity index (χ4n) is 2.28. The molecule has 0 amide bonds. The molecule has 0 unspecified atom stereocenters. The molecule has 0 bridgehead atoms. The smallest absolute Gasteiger partial charge is 0.138 e. The van der Waals surface area contributed by atoms with Gasteiger partial charge in [0.05, 0.1) is 11.0 Å². The van der Waals surface area contributed by atoms with Crippen molar-refractivity contribution in [1.29, 1.82) is 0 Å². The highest BCUT2D eigenvalue weighted by molar-refractivity contribution is 7.98. The highest BCUT2D eigenvalue weighted by Crippen LogP contribution is 2.31. The Kier molecular flexibility index (Phi) is 3.03. The molecule has 0 saturated heterocycles. The standard InChI is InChI=1S/C15H15N3S/c1-9-8-12(19-3)10(2)14-13(9)17-15(18-14)11-4-6-16-7-5-11/h4-8H,1-3H3,(H,17,18). The third-order valence-corrected chi connectivity index (χ3v) is 4.21. The number of hydrogen-bond acceptors (Lipinski definition) is 3. The lowest BCUT2D eigenvalue weighted by atomic mass is 10.1. The summed E-state index contributed by atoms with van der Waals surface area (Å²) in [4.78, 5) is 13.5. The number of H-pyrrole nitrogens is 1. The van der Waals surface area contributed by atoms with Gasteiger partial charge in [0.25, 0.3) is 0 Å². The summed E-state index contributed by atoms with van der Waals surface area (Å²) < 4.78 is 0. The Labute approximate surface area is 116 Å². The summed E-state index contributed by atoms with van der Waals surface area (Å²) in [5, 5.41) is 0. The zero-order chi connectivity index (χ0) is 13.4. The van der Waals surface area contributed by atoms with Gasteiger partial charge in [0.2, 0.25) is 0 Å². The number of rotatable bonds is 2. The van der Waals surface area contributed by atoms with Gasteiger partial charge in [0, 0.05) is 22.9 Å². The van der Waals surface area contributed by atoms with Crippen LogP contribution in [0.2, 0.25) is 0 Å². The van der Waals surface area contributed by atoms with Crippen LogP contribution in [0.3, 0.4) is 0 Å². The first-order chi connectivity index (χ1) is 9.20. The van der Waals surface area contributed by atoms with Crippen molar-refractivity contribution >= 4 is 22.8 Å². The number of hydrogen-bond donors (Lipinski definition) is 1. The molecular formula is C15H15N3S. The van der Waals surface area contributed by atoms with Gasteiger partial charge in [-0.25, -0.2) is 4.98 Å². The average molecular weight is 269 g/mol. The van der Waals surface area contributed by atoms with Crippen molar-refractivity contribution in [3.63, 3.8) is 0 Å². The van der Waals surface area contributed by atoms with Crippen LogP contribution in [-0.2, 0) is 0 Å². The molecule has 1 N–H and O–H groups in total. The first-order valence-electron chi connectivity index (χ1n) is 6.15. The van der Waals surface area contributed by atoms with Crippen LogP contribution in [0.25, 0.3) is 22.4 Å². The predicted octanol–water partition coefficient (Wildman–Crippen LogP) is 3.96. The van der Waals surface area contributed by atoms with Crippen molar-refractivity contribution in [2.45, 2.75) is 18.7 Å². The van der Waals surface area contributed by atoms with E-state index in [4.69, 9.17) is 4.98 Å². The molecule has 2 aromatic heterocycles. The molecule has 4 heteroatoms. The van der Waals surface area contributed by atoms with Crippen molar-refractivity contribution in [3.8, 4) is 11.4 Å². The molecule has 1 aromatic carbocycles. The quantitative estimate of drug-likeness (QED) is 0.716. The predicted molar refractivity (Wildman–Crippen MR) is 80.6 cm³/mol. The van der Waals surface area contributed by atoms with Crippen LogP contribution < -0.4 is 0 Å². The lowest BCUT2D eigenvalue weighted by Crippen LogP contribution is -1.85. The Bertz CT molecular complexity index is 732. The first-order valence-corrected chi connectivity index (χ1v) is 7.37. The van der Waals surface area contributed by atoms with E-state index in [9.17, 15) is 0 Å². The SMILES string of the molecule is CSc1cc(C)c2nc(-c3ccncc3)[nH]c2c1C. The maximum atomic E-state index is 4.73. The van der Waals surface area contributed by atoms with Gasteiger partial charge in [-0.3, -0.25) is 4.98 Å². The number of aromatic nitrogens is 3. The number of nitrogens with zero attached hydrogens (tertiary/aromatic N) is 2. The van der Waals surface area contributed by atoms with Crippen LogP contribution in [-0.4, -0.2) is 21.2 Å². The van der Waals surface area contributed by atoms with Gasteiger partial charge in [-0.15, -0.1) is 11.8 Å². The van der Waals surface area contributed by atoms with Gasteiger partial charge in [-0.1, -0.05) is 0 Å². The molecule has 0 aliphatic rings. The fourth-order valence-corrected chi connectivity index (χ4v) is 2.99. The number of pyridine rings is 1. The molecule has 3 rings (SSSR count). The molecule has 19 heavy (non-hydrogen) atoms. The molecule has 0 aliphatic heterocycles. The summed E-state index contributed by atoms with van der Waals surface area (Å²) in [6.07, 6.45) is 5.68. The Hall–Kier alpha value is -1.81. The minimum Gasteiger partial charge on any atom is -0.338 e. The van der Waals surface area contributed by atoms with Gasteiger partial charge in [0.15, 0.2) is 0 Å². The van der Waals surface area contributed by atoms with Crippen LogP contribution in [0.1, 0.15) is 11.1 Å². The van der Waals surface area contributed by atoms with Gasteiger partial charge in [0.1, 0.15) is 5.82 Å². The maximum Gasteiger partial charge on any atom is 0.138 e. The van der Waals surface area contributed by atoms with Crippen molar-refractivity contribution < 1.29 is 0 Å². The van der Waals surface area contributed by atoms with Gasteiger partial charge in [-0.05, 0) is 49.4 Å². The number of thioether (sulfide) groups is 1. The summed E-state index contributed by atoms with van der Waals surface area (Å²) >= 11 is 1.77. The fraction of sp³-hybridized carbons (Fsp3) is 0.200. The van der Waals surface area contributed by atoms with Crippen molar-refractivity contribution in [1.82, 2.24) is 15.0 Å². The van der Waals surface area contributed by atoms with E-state index in [1.165, 1.54) is 16.0 Å². The second-order valence-corrected chi connectivity index (χ2v) is 5.41. The number of nitrogens with one attached hydrogen (secondary N) is 1. The molecule has 3 aromatic rings. The average Bonchev–Trinajstić information content (AvgIpc) is 2.90. The van der Waals surface area contributed by atoms with Crippen LogP contribution in [0.5, 0.6) is 0 Å². The van der Waals surface area contributed by atoms with Crippen molar-refractivity contribution in [2.24, 2.45) is 0 Å². The normalized spacial score (nSPS) is 11.1. The van der Waals surface area contributed by atoms with E-state index < -0.39 is 0 Å². The van der Waals surface area contributed by atoms with Gasteiger partial charge < -0.3 is 4.98 Å². The van der Waals surface area contributed by atoms with E-state index in [1.54, 1.807) is 24.2 Å². The second-order valence-electron chi connectivity index (χ2n) is 4.57. The van der Waals surface area contributed by atoms with Crippen LogP contribution in [0.15, 0.2) is 35.5 Å². The maximum absolute atomic E-state index is 4.73. The third kappa shape index (κ3) is 2.02. The van der Waals surface area contributed by atoms with Crippen molar-refractivity contribution in [3.05, 3.63) is 41.7 Å². The van der Waals surface area contributed by atoms with E-state index >= 15 is 0 Å². The molecule has 2 heterocycles.